The number of halogens is 3. The summed E-state index contributed by atoms with van der Waals surface area (Å²) in [5, 5.41) is 13.7. The monoisotopic (exact) mass is 834 g/mol. The minimum atomic E-state index is -0.437. The van der Waals surface area contributed by atoms with Gasteiger partial charge in [-0.2, -0.15) is 10.2 Å². The SMILES string of the molecule is COCCN(Cc1cc(CBr)n(C)n1)Cc1nn2c(c1-c1c(Cl)ccc3c1c(C)c(C(=O)OC)n3CCCOc1cc(C)cc3cc(F)ccc13)COCC2. The van der Waals surface area contributed by atoms with E-state index in [0.717, 1.165) is 66.7 Å². The third-order valence-electron chi connectivity index (χ3n) is 10.2. The molecule has 11 nitrogen and oxygen atoms in total. The van der Waals surface area contributed by atoms with E-state index in [1.165, 1.54) is 19.2 Å². The van der Waals surface area contributed by atoms with Crippen molar-refractivity contribution in [2.45, 2.75) is 58.4 Å². The Morgan fingerprint density at radius 2 is 1.89 bits per heavy atom. The van der Waals surface area contributed by atoms with Crippen LogP contribution in [-0.2, 0) is 59.4 Å². The van der Waals surface area contributed by atoms with Gasteiger partial charge in [0, 0.05) is 83.8 Å². The van der Waals surface area contributed by atoms with Gasteiger partial charge in [0.25, 0.3) is 0 Å². The van der Waals surface area contributed by atoms with E-state index in [2.05, 4.69) is 26.9 Å². The molecule has 14 heteroatoms. The quantitative estimate of drug-likeness (QED) is 0.0582. The first kappa shape index (κ1) is 39.0. The van der Waals surface area contributed by atoms with Crippen LogP contribution in [0.3, 0.4) is 0 Å². The third kappa shape index (κ3) is 7.90. The van der Waals surface area contributed by atoms with Gasteiger partial charge in [0.15, 0.2) is 0 Å². The Balaban J connectivity index is 1.27. The van der Waals surface area contributed by atoms with E-state index in [-0.39, 0.29) is 5.82 Å². The second-order valence-electron chi connectivity index (χ2n) is 13.9. The fraction of sp³-hybridized carbons (Fsp3) is 0.390. The van der Waals surface area contributed by atoms with Crippen molar-refractivity contribution in [2.24, 2.45) is 7.05 Å². The second-order valence-corrected chi connectivity index (χ2v) is 14.9. The first-order valence-electron chi connectivity index (χ1n) is 18.3. The summed E-state index contributed by atoms with van der Waals surface area (Å²) >= 11 is 10.8. The summed E-state index contributed by atoms with van der Waals surface area (Å²) in [6.45, 7) is 8.60. The second kappa shape index (κ2) is 16.8. The number of aromatic nitrogens is 5. The van der Waals surface area contributed by atoms with Crippen molar-refractivity contribution >= 4 is 55.2 Å². The van der Waals surface area contributed by atoms with Gasteiger partial charge in [0.1, 0.15) is 17.3 Å². The topological polar surface area (TPSA) is 97.8 Å². The van der Waals surface area contributed by atoms with Gasteiger partial charge in [0.2, 0.25) is 0 Å². The van der Waals surface area contributed by atoms with E-state index in [1.54, 1.807) is 13.2 Å². The number of nitrogens with zero attached hydrogens (tertiary/aromatic N) is 6. The number of carbonyl (C=O) groups excluding carboxylic acids is 1. The molecule has 1 aliphatic heterocycles. The Hall–Kier alpha value is -4.27. The van der Waals surface area contributed by atoms with Gasteiger partial charge in [-0.1, -0.05) is 33.6 Å². The lowest BCUT2D eigenvalue weighted by atomic mass is 9.96. The largest absolute Gasteiger partial charge is 0.493 e. The Labute approximate surface area is 333 Å². The normalized spacial score (nSPS) is 13.0. The molecule has 55 heavy (non-hydrogen) atoms. The summed E-state index contributed by atoms with van der Waals surface area (Å²) in [6, 6.07) is 14.6. The average Bonchev–Trinajstić information content (AvgIpc) is 3.81. The number of benzene rings is 3. The van der Waals surface area contributed by atoms with Gasteiger partial charge in [-0.05, 0) is 79.2 Å². The molecular formula is C41H45BrClFN6O5. The number of ether oxygens (including phenoxy) is 4. The summed E-state index contributed by atoms with van der Waals surface area (Å²) < 4.78 is 43.1. The Morgan fingerprint density at radius 3 is 2.65 bits per heavy atom. The van der Waals surface area contributed by atoms with E-state index in [1.807, 2.05) is 59.1 Å². The third-order valence-corrected chi connectivity index (χ3v) is 11.1. The van der Waals surface area contributed by atoms with Crippen LogP contribution in [-0.4, -0.2) is 75.6 Å². The van der Waals surface area contributed by atoms with Crippen molar-refractivity contribution in [3.8, 4) is 16.9 Å². The van der Waals surface area contributed by atoms with Crippen molar-refractivity contribution in [3.63, 3.8) is 0 Å². The van der Waals surface area contributed by atoms with Crippen molar-refractivity contribution < 1.29 is 28.1 Å². The van der Waals surface area contributed by atoms with Crippen LogP contribution in [0.4, 0.5) is 4.39 Å². The molecule has 0 radical (unpaired) electrons. The van der Waals surface area contributed by atoms with Crippen molar-refractivity contribution in [1.82, 2.24) is 29.0 Å². The number of rotatable bonds is 15. The van der Waals surface area contributed by atoms with Gasteiger partial charge in [0.05, 0.1) is 57.2 Å². The van der Waals surface area contributed by atoms with Crippen LogP contribution in [0.1, 0.15) is 50.8 Å². The first-order chi connectivity index (χ1) is 26.6. The molecule has 0 amide bonds. The predicted molar refractivity (Wildman–Crippen MR) is 214 cm³/mol. The molecule has 3 aromatic carbocycles. The Kier molecular flexibility index (Phi) is 11.9. The van der Waals surface area contributed by atoms with Crippen LogP contribution in [0.2, 0.25) is 5.02 Å². The van der Waals surface area contributed by atoms with Crippen LogP contribution in [0.15, 0.2) is 48.5 Å². The summed E-state index contributed by atoms with van der Waals surface area (Å²) in [4.78, 5) is 15.8. The van der Waals surface area contributed by atoms with Crippen LogP contribution in [0.25, 0.3) is 32.8 Å². The minimum Gasteiger partial charge on any atom is -0.493 e. The van der Waals surface area contributed by atoms with Crippen LogP contribution in [0, 0.1) is 19.7 Å². The molecule has 1 aliphatic rings. The molecule has 0 saturated heterocycles. The standard InChI is InChI=1S/C41H45BrClFN6O5/c1-25-17-27-19-28(44)7-8-31(27)36(18-25)55-14-6-11-49-34-10-9-32(43)38(37(34)26(2)40(49)41(51)53-5)39-33(46-50-13-16-54-24-35(39)50)23-48(12-15-52-4)22-29-20-30(21-42)47(3)45-29/h7-10,17-20H,6,11-16,21-24H2,1-5H3. The first-order valence-corrected chi connectivity index (χ1v) is 19.8. The zero-order valence-electron chi connectivity index (χ0n) is 31.8. The highest BCUT2D eigenvalue weighted by atomic mass is 79.9. The highest BCUT2D eigenvalue weighted by Gasteiger charge is 2.30. The highest BCUT2D eigenvalue weighted by Crippen LogP contribution is 2.43. The van der Waals surface area contributed by atoms with Crippen molar-refractivity contribution in [1.29, 1.82) is 0 Å². The summed E-state index contributed by atoms with van der Waals surface area (Å²) in [7, 11) is 5.04. The van der Waals surface area contributed by atoms with Gasteiger partial charge >= 0.3 is 5.97 Å². The fourth-order valence-corrected chi connectivity index (χ4v) is 8.45. The number of alkyl halides is 1. The number of methoxy groups -OCH3 is 2. The van der Waals surface area contributed by atoms with E-state index in [0.29, 0.717) is 87.4 Å². The minimum absolute atomic E-state index is 0.290. The number of hydrogen-bond acceptors (Lipinski definition) is 8. The molecular weight excluding hydrogens is 791 g/mol. The van der Waals surface area contributed by atoms with E-state index in [9.17, 15) is 9.18 Å². The van der Waals surface area contributed by atoms with Gasteiger partial charge < -0.3 is 23.5 Å². The zero-order valence-corrected chi connectivity index (χ0v) is 34.1. The number of carbonyl (C=O) groups is 1. The molecule has 6 aromatic rings. The molecule has 290 valence electrons. The van der Waals surface area contributed by atoms with Gasteiger partial charge in [-0.3, -0.25) is 14.3 Å². The van der Waals surface area contributed by atoms with Gasteiger partial charge in [-0.15, -0.1) is 0 Å². The van der Waals surface area contributed by atoms with Gasteiger partial charge in [-0.25, -0.2) is 9.18 Å². The molecule has 7 rings (SSSR count). The molecule has 0 saturated carbocycles. The summed E-state index contributed by atoms with van der Waals surface area (Å²) in [5.41, 5.74) is 8.59. The molecule has 4 heterocycles. The van der Waals surface area contributed by atoms with E-state index < -0.39 is 5.97 Å². The molecule has 3 aromatic heterocycles. The molecule has 0 aliphatic carbocycles. The van der Waals surface area contributed by atoms with Crippen molar-refractivity contribution in [3.05, 3.63) is 99.0 Å². The molecule has 0 atom stereocenters. The molecule has 0 unspecified atom stereocenters. The highest BCUT2D eigenvalue weighted by molar-refractivity contribution is 9.08. The number of aryl methyl sites for hydroxylation is 4. The molecule has 0 N–H and O–H groups in total. The van der Waals surface area contributed by atoms with Crippen molar-refractivity contribution in [2.75, 3.05) is 40.6 Å². The van der Waals surface area contributed by atoms with E-state index >= 15 is 0 Å². The van der Waals surface area contributed by atoms with E-state index in [4.69, 9.17) is 40.7 Å². The smallest absolute Gasteiger partial charge is 0.354 e. The van der Waals surface area contributed by atoms with Crippen LogP contribution < -0.4 is 4.74 Å². The number of fused-ring (bicyclic) bond motifs is 3. The number of hydrogen-bond donors (Lipinski definition) is 0. The predicted octanol–water partition coefficient (Wildman–Crippen LogP) is 8.13. The average molecular weight is 836 g/mol. The summed E-state index contributed by atoms with van der Waals surface area (Å²) in [5.74, 6) is -0.0347. The molecule has 0 spiro atoms. The lowest BCUT2D eigenvalue weighted by molar-refractivity contribution is 0.0587. The molecule has 0 bridgehead atoms. The zero-order chi connectivity index (χ0) is 38.8. The fourth-order valence-electron chi connectivity index (χ4n) is 7.67. The summed E-state index contributed by atoms with van der Waals surface area (Å²) in [6.07, 6.45) is 0.586. The lowest BCUT2D eigenvalue weighted by Gasteiger charge is -2.21. The Bertz CT molecular complexity index is 2370. The van der Waals surface area contributed by atoms with Crippen LogP contribution in [0.5, 0.6) is 5.75 Å². The molecule has 0 fully saturated rings. The Morgan fingerprint density at radius 1 is 1.05 bits per heavy atom. The lowest BCUT2D eigenvalue weighted by Crippen LogP contribution is -2.27. The van der Waals surface area contributed by atoms with Crippen LogP contribution >= 0.6 is 27.5 Å². The maximum atomic E-state index is 14.0. The maximum absolute atomic E-state index is 14.0. The maximum Gasteiger partial charge on any atom is 0.354 e. The number of esters is 1.